The molecular formula is C17H14N2O4S2. The molecule has 1 aliphatic heterocycles. The normalized spacial score (nSPS) is 16.2. The SMILES string of the molecule is COc1ccc(OC)c(N2C(=O)C(=Cc3cccs3)C(=O)NC2=S)c1. The van der Waals surface area contributed by atoms with Crippen LogP contribution in [-0.4, -0.2) is 31.1 Å². The number of hydrogen-bond donors (Lipinski definition) is 1. The fraction of sp³-hybridized carbons (Fsp3) is 0.118. The summed E-state index contributed by atoms with van der Waals surface area (Å²) in [6.45, 7) is 0. The van der Waals surface area contributed by atoms with Crippen molar-refractivity contribution in [2.24, 2.45) is 0 Å². The van der Waals surface area contributed by atoms with Crippen LogP contribution in [0.1, 0.15) is 4.88 Å². The summed E-state index contributed by atoms with van der Waals surface area (Å²) in [6, 6.07) is 8.67. The summed E-state index contributed by atoms with van der Waals surface area (Å²) in [5, 5.41) is 4.40. The third-order valence-electron chi connectivity index (χ3n) is 3.56. The van der Waals surface area contributed by atoms with Gasteiger partial charge in [0.2, 0.25) is 0 Å². The van der Waals surface area contributed by atoms with Crippen molar-refractivity contribution < 1.29 is 19.1 Å². The molecule has 0 radical (unpaired) electrons. The van der Waals surface area contributed by atoms with Gasteiger partial charge in [0.25, 0.3) is 11.8 Å². The molecule has 0 aliphatic carbocycles. The highest BCUT2D eigenvalue weighted by Gasteiger charge is 2.36. The first-order valence-corrected chi connectivity index (χ1v) is 8.51. The Morgan fingerprint density at radius 1 is 1.20 bits per heavy atom. The zero-order valence-electron chi connectivity index (χ0n) is 13.4. The van der Waals surface area contributed by atoms with E-state index in [0.29, 0.717) is 17.2 Å². The van der Waals surface area contributed by atoms with Crippen LogP contribution >= 0.6 is 23.6 Å². The molecule has 2 aromatic rings. The Morgan fingerprint density at radius 2 is 2.00 bits per heavy atom. The molecule has 0 saturated carbocycles. The summed E-state index contributed by atoms with van der Waals surface area (Å²) in [7, 11) is 3.01. The summed E-state index contributed by atoms with van der Waals surface area (Å²) in [5.41, 5.74) is 0.398. The molecule has 0 bridgehead atoms. The van der Waals surface area contributed by atoms with Gasteiger partial charge in [0.15, 0.2) is 5.11 Å². The Bertz CT molecular complexity index is 875. The van der Waals surface area contributed by atoms with Crippen LogP contribution < -0.4 is 19.7 Å². The van der Waals surface area contributed by atoms with Gasteiger partial charge in [-0.15, -0.1) is 11.3 Å². The van der Waals surface area contributed by atoms with Crippen LogP contribution in [0.5, 0.6) is 11.5 Å². The predicted octanol–water partition coefficient (Wildman–Crippen LogP) is 2.60. The molecule has 8 heteroatoms. The third-order valence-corrected chi connectivity index (χ3v) is 4.66. The lowest BCUT2D eigenvalue weighted by Gasteiger charge is -2.30. The molecule has 1 saturated heterocycles. The second kappa shape index (κ2) is 7.04. The van der Waals surface area contributed by atoms with Crippen LogP contribution in [-0.2, 0) is 9.59 Å². The minimum absolute atomic E-state index is 0.000855. The van der Waals surface area contributed by atoms with Crippen molar-refractivity contribution in [3.8, 4) is 11.5 Å². The van der Waals surface area contributed by atoms with Gasteiger partial charge >= 0.3 is 0 Å². The van der Waals surface area contributed by atoms with Gasteiger partial charge in [0.1, 0.15) is 17.1 Å². The zero-order chi connectivity index (χ0) is 18.0. The van der Waals surface area contributed by atoms with Crippen molar-refractivity contribution in [2.75, 3.05) is 19.1 Å². The smallest absolute Gasteiger partial charge is 0.270 e. The first-order chi connectivity index (χ1) is 12.0. The molecule has 6 nitrogen and oxygen atoms in total. The number of nitrogens with one attached hydrogen (secondary N) is 1. The van der Waals surface area contributed by atoms with Gasteiger partial charge in [0, 0.05) is 10.9 Å². The summed E-state index contributed by atoms with van der Waals surface area (Å²) in [4.78, 5) is 27.2. The van der Waals surface area contributed by atoms with Gasteiger partial charge in [-0.3, -0.25) is 14.9 Å². The number of carbonyl (C=O) groups is 2. The molecule has 2 heterocycles. The van der Waals surface area contributed by atoms with E-state index in [9.17, 15) is 9.59 Å². The molecular weight excluding hydrogens is 360 g/mol. The quantitative estimate of drug-likeness (QED) is 0.506. The summed E-state index contributed by atoms with van der Waals surface area (Å²) in [5.74, 6) is -0.0783. The van der Waals surface area contributed by atoms with Crippen LogP contribution in [0.3, 0.4) is 0 Å². The van der Waals surface area contributed by atoms with Crippen molar-refractivity contribution in [3.63, 3.8) is 0 Å². The first kappa shape index (κ1) is 17.1. The monoisotopic (exact) mass is 374 g/mol. The number of thiocarbonyl (C=S) groups is 1. The highest BCUT2D eigenvalue weighted by molar-refractivity contribution is 7.80. The van der Waals surface area contributed by atoms with Crippen LogP contribution in [0.25, 0.3) is 6.08 Å². The van der Waals surface area contributed by atoms with Crippen LogP contribution in [0.4, 0.5) is 5.69 Å². The number of methoxy groups -OCH3 is 2. The summed E-state index contributed by atoms with van der Waals surface area (Å²) < 4.78 is 10.5. The fourth-order valence-corrected chi connectivity index (χ4v) is 3.29. The first-order valence-electron chi connectivity index (χ1n) is 7.22. The Morgan fingerprint density at radius 3 is 2.64 bits per heavy atom. The number of amides is 2. The lowest BCUT2D eigenvalue weighted by Crippen LogP contribution is -2.54. The average molecular weight is 374 g/mol. The van der Waals surface area contributed by atoms with E-state index < -0.39 is 11.8 Å². The Hall–Kier alpha value is -2.71. The van der Waals surface area contributed by atoms with Gasteiger partial charge in [-0.2, -0.15) is 0 Å². The van der Waals surface area contributed by atoms with E-state index in [-0.39, 0.29) is 10.7 Å². The number of benzene rings is 1. The molecule has 1 fully saturated rings. The van der Waals surface area contributed by atoms with E-state index in [4.69, 9.17) is 21.7 Å². The van der Waals surface area contributed by atoms with E-state index in [2.05, 4.69) is 5.32 Å². The molecule has 1 aromatic heterocycles. The van der Waals surface area contributed by atoms with Crippen molar-refractivity contribution >= 4 is 52.2 Å². The third kappa shape index (κ3) is 3.26. The number of hydrogen-bond acceptors (Lipinski definition) is 6. The predicted molar refractivity (Wildman–Crippen MR) is 100 cm³/mol. The number of nitrogens with zero attached hydrogens (tertiary/aromatic N) is 1. The Balaban J connectivity index is 2.08. The lowest BCUT2D eigenvalue weighted by molar-refractivity contribution is -0.122. The second-order valence-corrected chi connectivity index (χ2v) is 6.38. The minimum atomic E-state index is -0.526. The van der Waals surface area contributed by atoms with Crippen LogP contribution in [0.15, 0.2) is 41.3 Å². The van der Waals surface area contributed by atoms with Gasteiger partial charge in [-0.05, 0) is 41.9 Å². The van der Waals surface area contributed by atoms with Gasteiger partial charge in [-0.25, -0.2) is 4.90 Å². The van der Waals surface area contributed by atoms with Crippen LogP contribution in [0, 0.1) is 0 Å². The summed E-state index contributed by atoms with van der Waals surface area (Å²) in [6.07, 6.45) is 1.55. The van der Waals surface area contributed by atoms with E-state index in [1.807, 2.05) is 17.5 Å². The minimum Gasteiger partial charge on any atom is -0.497 e. The maximum atomic E-state index is 13.0. The van der Waals surface area contributed by atoms with E-state index in [1.54, 1.807) is 24.3 Å². The van der Waals surface area contributed by atoms with E-state index >= 15 is 0 Å². The molecule has 2 amide bonds. The summed E-state index contributed by atoms with van der Waals surface area (Å²) >= 11 is 6.63. The number of anilines is 1. The number of ether oxygens (including phenoxy) is 2. The topological polar surface area (TPSA) is 67.9 Å². The van der Waals surface area contributed by atoms with Crippen molar-refractivity contribution in [3.05, 3.63) is 46.2 Å². The Labute approximate surface area is 153 Å². The van der Waals surface area contributed by atoms with Crippen LogP contribution in [0.2, 0.25) is 0 Å². The van der Waals surface area contributed by atoms with E-state index in [1.165, 1.54) is 30.5 Å². The Kier molecular flexibility index (Phi) is 4.82. The van der Waals surface area contributed by atoms with Crippen molar-refractivity contribution in [1.29, 1.82) is 0 Å². The van der Waals surface area contributed by atoms with Gasteiger partial charge < -0.3 is 9.47 Å². The molecule has 1 aromatic carbocycles. The second-order valence-electron chi connectivity index (χ2n) is 5.01. The number of rotatable bonds is 4. The molecule has 1 N–H and O–H groups in total. The highest BCUT2D eigenvalue weighted by Crippen LogP contribution is 2.34. The van der Waals surface area contributed by atoms with Gasteiger partial charge in [-0.1, -0.05) is 6.07 Å². The maximum Gasteiger partial charge on any atom is 0.270 e. The molecule has 0 atom stereocenters. The maximum absolute atomic E-state index is 13.0. The molecule has 25 heavy (non-hydrogen) atoms. The van der Waals surface area contributed by atoms with Crippen molar-refractivity contribution in [1.82, 2.24) is 5.32 Å². The molecule has 1 aliphatic rings. The highest BCUT2D eigenvalue weighted by atomic mass is 32.1. The lowest BCUT2D eigenvalue weighted by atomic mass is 10.1. The number of thiophene rings is 1. The number of carbonyl (C=O) groups excluding carboxylic acids is 2. The van der Waals surface area contributed by atoms with E-state index in [0.717, 1.165) is 4.88 Å². The molecule has 0 unspecified atom stereocenters. The standard InChI is InChI=1S/C17H14N2O4S2/c1-22-10-5-6-14(23-2)13(8-10)19-16(21)12(15(20)18-17(19)24)9-11-4-3-7-25-11/h3-9H,1-2H3,(H,18,20,24). The zero-order valence-corrected chi connectivity index (χ0v) is 15.1. The molecule has 3 rings (SSSR count). The van der Waals surface area contributed by atoms with Crippen molar-refractivity contribution in [2.45, 2.75) is 0 Å². The largest absolute Gasteiger partial charge is 0.497 e. The average Bonchev–Trinajstić information content (AvgIpc) is 3.11. The molecule has 0 spiro atoms. The van der Waals surface area contributed by atoms with Gasteiger partial charge in [0.05, 0.1) is 19.9 Å². The fourth-order valence-electron chi connectivity index (χ4n) is 2.36. The molecule has 128 valence electrons.